The number of benzene rings is 1. The molecule has 1 aromatic carbocycles. The van der Waals surface area contributed by atoms with Crippen molar-refractivity contribution in [1.29, 1.82) is 0 Å². The molecule has 90 valence electrons. The molecule has 0 saturated carbocycles. The Balaban J connectivity index is 2.58. The lowest BCUT2D eigenvalue weighted by molar-refractivity contribution is 0.107. The Bertz CT molecular complexity index is 307. The number of hydrogen-bond acceptors (Lipinski definition) is 2. The normalized spacial score (nSPS) is 15.1. The number of likely N-dealkylation sites (N-methyl/N-ethyl adjacent to an activating group) is 1. The predicted octanol–water partition coefficient (Wildman–Crippen LogP) is 2.76. The Kier molecular flexibility index (Phi) is 4.97. The molecule has 2 heteroatoms. The zero-order chi connectivity index (χ0) is 12.1. The van der Waals surface area contributed by atoms with Gasteiger partial charge < -0.3 is 10.0 Å². The number of aliphatic hydroxyl groups is 1. The van der Waals surface area contributed by atoms with Gasteiger partial charge in [-0.05, 0) is 32.9 Å². The largest absolute Gasteiger partial charge is 0.387 e. The van der Waals surface area contributed by atoms with Crippen LogP contribution in [0.5, 0.6) is 0 Å². The van der Waals surface area contributed by atoms with Gasteiger partial charge in [0.1, 0.15) is 0 Å². The van der Waals surface area contributed by atoms with Gasteiger partial charge in [-0.2, -0.15) is 0 Å². The molecule has 0 radical (unpaired) electrons. The number of aliphatic hydroxyl groups excluding tert-OH is 1. The molecule has 2 unspecified atom stereocenters. The molecule has 0 aliphatic heterocycles. The fourth-order valence-electron chi connectivity index (χ4n) is 1.66. The van der Waals surface area contributed by atoms with E-state index in [2.05, 4.69) is 32.7 Å². The van der Waals surface area contributed by atoms with Crippen molar-refractivity contribution < 1.29 is 5.11 Å². The van der Waals surface area contributed by atoms with E-state index in [1.54, 1.807) is 0 Å². The van der Waals surface area contributed by atoms with E-state index in [0.29, 0.717) is 12.6 Å². The standard InChI is InChI=1S/C14H23NO/c1-5-12(3)15(4)10-14(16)13-8-6-11(2)7-9-13/h6-9,12,14,16H,5,10H2,1-4H3. The van der Waals surface area contributed by atoms with Crippen molar-refractivity contribution in [3.05, 3.63) is 35.4 Å². The first-order valence-electron chi connectivity index (χ1n) is 5.99. The Morgan fingerprint density at radius 2 is 1.81 bits per heavy atom. The van der Waals surface area contributed by atoms with Crippen LogP contribution in [0.1, 0.15) is 37.5 Å². The predicted molar refractivity (Wildman–Crippen MR) is 68.5 cm³/mol. The van der Waals surface area contributed by atoms with Crippen LogP contribution >= 0.6 is 0 Å². The van der Waals surface area contributed by atoms with Gasteiger partial charge in [-0.1, -0.05) is 36.8 Å². The fourth-order valence-corrected chi connectivity index (χ4v) is 1.66. The van der Waals surface area contributed by atoms with Crippen LogP contribution in [-0.2, 0) is 0 Å². The van der Waals surface area contributed by atoms with E-state index in [0.717, 1.165) is 12.0 Å². The van der Waals surface area contributed by atoms with Crippen LogP contribution in [0.25, 0.3) is 0 Å². The molecule has 0 bridgehead atoms. The van der Waals surface area contributed by atoms with E-state index in [-0.39, 0.29) is 6.10 Å². The van der Waals surface area contributed by atoms with Gasteiger partial charge in [-0.25, -0.2) is 0 Å². The van der Waals surface area contributed by atoms with E-state index >= 15 is 0 Å². The third-order valence-electron chi connectivity index (χ3n) is 3.27. The quantitative estimate of drug-likeness (QED) is 0.826. The lowest BCUT2D eigenvalue weighted by atomic mass is 10.1. The molecule has 0 spiro atoms. The summed E-state index contributed by atoms with van der Waals surface area (Å²) in [7, 11) is 2.06. The van der Waals surface area contributed by atoms with Crippen LogP contribution in [0.2, 0.25) is 0 Å². The molecule has 1 rings (SSSR count). The smallest absolute Gasteiger partial charge is 0.0916 e. The minimum absolute atomic E-state index is 0.389. The van der Waals surface area contributed by atoms with Crippen molar-refractivity contribution in [3.8, 4) is 0 Å². The van der Waals surface area contributed by atoms with Crippen LogP contribution in [0.4, 0.5) is 0 Å². The number of hydrogen-bond donors (Lipinski definition) is 1. The molecule has 0 amide bonds. The molecule has 0 aliphatic rings. The lowest BCUT2D eigenvalue weighted by Crippen LogP contribution is -2.32. The maximum atomic E-state index is 10.1. The minimum atomic E-state index is -0.389. The Labute approximate surface area is 98.9 Å². The van der Waals surface area contributed by atoms with Crippen molar-refractivity contribution in [2.24, 2.45) is 0 Å². The van der Waals surface area contributed by atoms with Gasteiger partial charge in [0.15, 0.2) is 0 Å². The fraction of sp³-hybridized carbons (Fsp3) is 0.571. The highest BCUT2D eigenvalue weighted by molar-refractivity contribution is 5.23. The monoisotopic (exact) mass is 221 g/mol. The minimum Gasteiger partial charge on any atom is -0.387 e. The average molecular weight is 221 g/mol. The number of aryl methyl sites for hydroxylation is 1. The van der Waals surface area contributed by atoms with Crippen molar-refractivity contribution >= 4 is 0 Å². The van der Waals surface area contributed by atoms with Gasteiger partial charge in [0.05, 0.1) is 6.10 Å². The van der Waals surface area contributed by atoms with Crippen LogP contribution < -0.4 is 0 Å². The van der Waals surface area contributed by atoms with E-state index < -0.39 is 0 Å². The summed E-state index contributed by atoms with van der Waals surface area (Å²) in [4.78, 5) is 2.20. The summed E-state index contributed by atoms with van der Waals surface area (Å²) < 4.78 is 0. The summed E-state index contributed by atoms with van der Waals surface area (Å²) in [5.74, 6) is 0. The van der Waals surface area contributed by atoms with Crippen LogP contribution in [0, 0.1) is 6.92 Å². The van der Waals surface area contributed by atoms with E-state index in [9.17, 15) is 5.11 Å². The first kappa shape index (κ1) is 13.2. The van der Waals surface area contributed by atoms with Gasteiger partial charge >= 0.3 is 0 Å². The topological polar surface area (TPSA) is 23.5 Å². The molecular weight excluding hydrogens is 198 g/mol. The highest BCUT2D eigenvalue weighted by atomic mass is 16.3. The molecule has 1 N–H and O–H groups in total. The summed E-state index contributed by atoms with van der Waals surface area (Å²) in [6.45, 7) is 7.10. The first-order chi connectivity index (χ1) is 7.54. The zero-order valence-corrected chi connectivity index (χ0v) is 10.8. The van der Waals surface area contributed by atoms with Gasteiger partial charge in [-0.15, -0.1) is 0 Å². The molecule has 0 fully saturated rings. The second kappa shape index (κ2) is 6.02. The zero-order valence-electron chi connectivity index (χ0n) is 10.8. The van der Waals surface area contributed by atoms with Crippen molar-refractivity contribution in [2.75, 3.05) is 13.6 Å². The summed E-state index contributed by atoms with van der Waals surface area (Å²) in [5, 5.41) is 10.1. The van der Waals surface area contributed by atoms with Crippen LogP contribution in [0.15, 0.2) is 24.3 Å². The van der Waals surface area contributed by atoms with Crippen molar-refractivity contribution in [1.82, 2.24) is 4.90 Å². The van der Waals surface area contributed by atoms with Gasteiger partial charge in [-0.3, -0.25) is 0 Å². The molecule has 16 heavy (non-hydrogen) atoms. The summed E-state index contributed by atoms with van der Waals surface area (Å²) in [6, 6.07) is 8.61. The van der Waals surface area contributed by atoms with Gasteiger partial charge in [0, 0.05) is 12.6 Å². The van der Waals surface area contributed by atoms with Crippen molar-refractivity contribution in [2.45, 2.75) is 39.3 Å². The van der Waals surface area contributed by atoms with E-state index in [1.807, 2.05) is 24.3 Å². The first-order valence-corrected chi connectivity index (χ1v) is 5.99. The van der Waals surface area contributed by atoms with Crippen LogP contribution in [-0.4, -0.2) is 29.6 Å². The molecular formula is C14H23NO. The number of nitrogens with zero attached hydrogens (tertiary/aromatic N) is 1. The molecule has 0 aromatic heterocycles. The van der Waals surface area contributed by atoms with Gasteiger partial charge in [0.25, 0.3) is 0 Å². The summed E-state index contributed by atoms with van der Waals surface area (Å²) in [5.41, 5.74) is 2.23. The Hall–Kier alpha value is -0.860. The van der Waals surface area contributed by atoms with Crippen molar-refractivity contribution in [3.63, 3.8) is 0 Å². The van der Waals surface area contributed by atoms with E-state index in [1.165, 1.54) is 5.56 Å². The van der Waals surface area contributed by atoms with Crippen LogP contribution in [0.3, 0.4) is 0 Å². The average Bonchev–Trinajstić information content (AvgIpc) is 2.28. The Morgan fingerprint density at radius 3 is 2.31 bits per heavy atom. The molecule has 0 saturated heterocycles. The lowest BCUT2D eigenvalue weighted by Gasteiger charge is -2.26. The van der Waals surface area contributed by atoms with Gasteiger partial charge in [0.2, 0.25) is 0 Å². The molecule has 0 heterocycles. The second-order valence-electron chi connectivity index (χ2n) is 4.62. The highest BCUT2D eigenvalue weighted by Gasteiger charge is 2.13. The maximum Gasteiger partial charge on any atom is 0.0916 e. The molecule has 2 nitrogen and oxygen atoms in total. The third kappa shape index (κ3) is 3.62. The second-order valence-corrected chi connectivity index (χ2v) is 4.62. The SMILES string of the molecule is CCC(C)N(C)CC(O)c1ccc(C)cc1. The van der Waals surface area contributed by atoms with E-state index in [4.69, 9.17) is 0 Å². The number of rotatable bonds is 5. The molecule has 2 atom stereocenters. The summed E-state index contributed by atoms with van der Waals surface area (Å²) >= 11 is 0. The Morgan fingerprint density at radius 1 is 1.25 bits per heavy atom. The molecule has 1 aromatic rings. The maximum absolute atomic E-state index is 10.1. The summed E-state index contributed by atoms with van der Waals surface area (Å²) in [6.07, 6.45) is 0.719. The third-order valence-corrected chi connectivity index (χ3v) is 3.27. The molecule has 0 aliphatic carbocycles. The highest BCUT2D eigenvalue weighted by Crippen LogP contribution is 2.15.